The van der Waals surface area contributed by atoms with Crippen LogP contribution in [0.1, 0.15) is 38.2 Å². The Morgan fingerprint density at radius 2 is 2.20 bits per heavy atom. The van der Waals surface area contributed by atoms with Gasteiger partial charge < -0.3 is 11.1 Å². The highest BCUT2D eigenvalue weighted by Crippen LogP contribution is 2.32. The molecule has 7 heteroatoms. The predicted molar refractivity (Wildman–Crippen MR) is 98.7 cm³/mol. The lowest BCUT2D eigenvalue weighted by Crippen LogP contribution is -2.51. The van der Waals surface area contributed by atoms with Gasteiger partial charge in [0.05, 0.1) is 12.1 Å². The number of carbonyl (C=O) groups is 1. The second kappa shape index (κ2) is 7.54. The lowest BCUT2D eigenvalue weighted by atomic mass is 9.74. The molecule has 0 spiro atoms. The van der Waals surface area contributed by atoms with Gasteiger partial charge in [-0.3, -0.25) is 4.79 Å². The van der Waals surface area contributed by atoms with Crippen molar-refractivity contribution in [2.75, 3.05) is 5.32 Å². The Balaban J connectivity index is 0.00000225. The van der Waals surface area contributed by atoms with Crippen molar-refractivity contribution in [2.24, 2.45) is 11.7 Å². The second-order valence-corrected chi connectivity index (χ2v) is 6.92. The van der Waals surface area contributed by atoms with E-state index in [1.807, 2.05) is 13.8 Å². The van der Waals surface area contributed by atoms with Crippen LogP contribution in [0.3, 0.4) is 0 Å². The minimum absolute atomic E-state index is 0. The van der Waals surface area contributed by atoms with Gasteiger partial charge in [-0.25, -0.2) is 9.07 Å². The van der Waals surface area contributed by atoms with Crippen LogP contribution >= 0.6 is 12.4 Å². The molecule has 0 radical (unpaired) electrons. The molecule has 136 valence electrons. The number of nitrogens with one attached hydrogen (secondary N) is 1. The van der Waals surface area contributed by atoms with E-state index in [2.05, 4.69) is 10.4 Å². The van der Waals surface area contributed by atoms with E-state index in [0.717, 1.165) is 31.2 Å². The van der Waals surface area contributed by atoms with Gasteiger partial charge in [0.25, 0.3) is 0 Å². The van der Waals surface area contributed by atoms with Crippen LogP contribution in [0.15, 0.2) is 30.6 Å². The summed E-state index contributed by atoms with van der Waals surface area (Å²) in [5.41, 5.74) is 7.49. The molecule has 1 saturated carbocycles. The van der Waals surface area contributed by atoms with Crippen molar-refractivity contribution < 1.29 is 9.18 Å². The van der Waals surface area contributed by atoms with Gasteiger partial charge in [0, 0.05) is 17.4 Å². The smallest absolute Gasteiger partial charge is 0.229 e. The highest BCUT2D eigenvalue weighted by Gasteiger charge is 2.37. The van der Waals surface area contributed by atoms with Gasteiger partial charge in [0.1, 0.15) is 5.69 Å². The second-order valence-electron chi connectivity index (χ2n) is 6.92. The van der Waals surface area contributed by atoms with Gasteiger partial charge in [0.2, 0.25) is 5.91 Å². The van der Waals surface area contributed by atoms with Crippen molar-refractivity contribution in [1.29, 1.82) is 0 Å². The Bertz CT molecular complexity index is 759. The number of nitrogens with two attached hydrogens (primary N) is 1. The Hall–Kier alpha value is -1.92. The molecule has 3 N–H and O–H groups in total. The Morgan fingerprint density at radius 1 is 1.44 bits per heavy atom. The highest BCUT2D eigenvalue weighted by molar-refractivity contribution is 5.93. The van der Waals surface area contributed by atoms with E-state index in [1.54, 1.807) is 24.5 Å². The molecule has 3 rings (SSSR count). The summed E-state index contributed by atoms with van der Waals surface area (Å²) in [5.74, 6) is -0.820. The highest BCUT2D eigenvalue weighted by atomic mass is 35.5. The lowest BCUT2D eigenvalue weighted by molar-refractivity contribution is -0.122. The Labute approximate surface area is 153 Å². The fourth-order valence-electron chi connectivity index (χ4n) is 3.33. The number of amides is 1. The maximum absolute atomic E-state index is 14.4. The standard InChI is InChI=1S/C18H23FN4O.ClH/c1-12-10-21-23(11-12)16-7-6-13(9-15(16)19)22-17(24)14-5-3-4-8-18(14,2)20;/h6-7,9-11,14H,3-5,8,20H2,1-2H3,(H,22,24);1H. The zero-order valence-electron chi connectivity index (χ0n) is 14.5. The Kier molecular flexibility index (Phi) is 5.85. The number of benzene rings is 1. The van der Waals surface area contributed by atoms with Gasteiger partial charge in [-0.05, 0) is 50.5 Å². The molecule has 1 fully saturated rings. The van der Waals surface area contributed by atoms with Gasteiger partial charge in [-0.15, -0.1) is 12.4 Å². The molecule has 5 nitrogen and oxygen atoms in total. The van der Waals surface area contributed by atoms with Gasteiger partial charge in [-0.2, -0.15) is 5.10 Å². The number of anilines is 1. The molecule has 1 aromatic carbocycles. The molecule has 1 amide bonds. The molecule has 25 heavy (non-hydrogen) atoms. The number of hydrogen-bond acceptors (Lipinski definition) is 3. The van der Waals surface area contributed by atoms with E-state index in [0.29, 0.717) is 11.4 Å². The minimum atomic E-state index is -0.507. The largest absolute Gasteiger partial charge is 0.326 e. The van der Waals surface area contributed by atoms with Crippen molar-refractivity contribution in [2.45, 2.75) is 45.1 Å². The molecular weight excluding hydrogens is 343 g/mol. The maximum atomic E-state index is 14.4. The van der Waals surface area contributed by atoms with E-state index >= 15 is 0 Å². The van der Waals surface area contributed by atoms with Crippen molar-refractivity contribution in [3.63, 3.8) is 0 Å². The van der Waals surface area contributed by atoms with E-state index in [-0.39, 0.29) is 24.2 Å². The molecule has 1 aromatic heterocycles. The molecule has 0 bridgehead atoms. The summed E-state index contributed by atoms with van der Waals surface area (Å²) in [6, 6.07) is 4.62. The zero-order chi connectivity index (χ0) is 17.3. The van der Waals surface area contributed by atoms with Gasteiger partial charge in [0.15, 0.2) is 5.82 Å². The molecule has 0 aliphatic heterocycles. The van der Waals surface area contributed by atoms with Crippen molar-refractivity contribution in [3.8, 4) is 5.69 Å². The molecule has 0 saturated heterocycles. The monoisotopic (exact) mass is 366 g/mol. The number of aryl methyl sites for hydroxylation is 1. The third-order valence-corrected chi connectivity index (χ3v) is 4.74. The van der Waals surface area contributed by atoms with Gasteiger partial charge in [-0.1, -0.05) is 12.8 Å². The van der Waals surface area contributed by atoms with Crippen LogP contribution < -0.4 is 11.1 Å². The summed E-state index contributed by atoms with van der Waals surface area (Å²) in [5, 5.41) is 6.91. The van der Waals surface area contributed by atoms with Crippen LogP contribution in [0.2, 0.25) is 0 Å². The van der Waals surface area contributed by atoms with Crippen LogP contribution in [0, 0.1) is 18.7 Å². The summed E-state index contributed by atoms with van der Waals surface area (Å²) in [6.07, 6.45) is 7.06. The van der Waals surface area contributed by atoms with E-state index < -0.39 is 11.4 Å². The number of rotatable bonds is 3. The Morgan fingerprint density at radius 3 is 2.80 bits per heavy atom. The first-order chi connectivity index (χ1) is 11.4. The lowest BCUT2D eigenvalue weighted by Gasteiger charge is -2.37. The summed E-state index contributed by atoms with van der Waals surface area (Å²) in [6.45, 7) is 3.81. The topological polar surface area (TPSA) is 72.9 Å². The number of aromatic nitrogens is 2. The first-order valence-electron chi connectivity index (χ1n) is 8.28. The maximum Gasteiger partial charge on any atom is 0.229 e. The van der Waals surface area contributed by atoms with Crippen molar-refractivity contribution in [1.82, 2.24) is 9.78 Å². The predicted octanol–water partition coefficient (Wildman–Crippen LogP) is 3.59. The third kappa shape index (κ3) is 4.19. The van der Waals surface area contributed by atoms with Crippen LogP contribution in [0.5, 0.6) is 0 Å². The number of nitrogens with zero attached hydrogens (tertiary/aromatic N) is 2. The SMILES string of the molecule is Cc1cnn(-c2ccc(NC(=O)C3CCCCC3(C)N)cc2F)c1.Cl. The summed E-state index contributed by atoms with van der Waals surface area (Å²) < 4.78 is 15.8. The summed E-state index contributed by atoms with van der Waals surface area (Å²) in [4.78, 5) is 12.5. The van der Waals surface area contributed by atoms with Crippen molar-refractivity contribution in [3.05, 3.63) is 42.0 Å². The first-order valence-corrected chi connectivity index (χ1v) is 8.28. The molecule has 1 aliphatic carbocycles. The van der Waals surface area contributed by atoms with E-state index in [1.165, 1.54) is 10.7 Å². The van der Waals surface area contributed by atoms with Crippen LogP contribution in [-0.4, -0.2) is 21.2 Å². The zero-order valence-corrected chi connectivity index (χ0v) is 15.3. The average molecular weight is 367 g/mol. The first kappa shape index (κ1) is 19.4. The van der Waals surface area contributed by atoms with Crippen LogP contribution in [-0.2, 0) is 4.79 Å². The minimum Gasteiger partial charge on any atom is -0.326 e. The number of hydrogen-bond donors (Lipinski definition) is 2. The number of halogens is 2. The van der Waals surface area contributed by atoms with Crippen molar-refractivity contribution >= 4 is 24.0 Å². The average Bonchev–Trinajstić information content (AvgIpc) is 2.93. The molecule has 2 aromatic rings. The quantitative estimate of drug-likeness (QED) is 0.871. The molecule has 1 aliphatic rings. The van der Waals surface area contributed by atoms with Crippen LogP contribution in [0.4, 0.5) is 10.1 Å². The normalized spacial score (nSPS) is 23.0. The number of carbonyl (C=O) groups excluding carboxylic acids is 1. The van der Waals surface area contributed by atoms with E-state index in [4.69, 9.17) is 5.73 Å². The molecular formula is C18H24ClFN4O. The molecule has 2 atom stereocenters. The van der Waals surface area contributed by atoms with Gasteiger partial charge >= 0.3 is 0 Å². The molecule has 1 heterocycles. The summed E-state index contributed by atoms with van der Waals surface area (Å²) >= 11 is 0. The fraction of sp³-hybridized carbons (Fsp3) is 0.444. The fourth-order valence-corrected chi connectivity index (χ4v) is 3.33. The van der Waals surface area contributed by atoms with E-state index in [9.17, 15) is 9.18 Å². The van der Waals surface area contributed by atoms with Crippen LogP contribution in [0.25, 0.3) is 5.69 Å². The third-order valence-electron chi connectivity index (χ3n) is 4.74. The molecule has 2 unspecified atom stereocenters. The summed E-state index contributed by atoms with van der Waals surface area (Å²) in [7, 11) is 0.